The van der Waals surface area contributed by atoms with Crippen LogP contribution in [0.5, 0.6) is 0 Å². The van der Waals surface area contributed by atoms with E-state index in [1.165, 1.54) is 14.7 Å². The van der Waals surface area contributed by atoms with Gasteiger partial charge in [-0.25, -0.2) is 0 Å². The van der Waals surface area contributed by atoms with Gasteiger partial charge in [-0.3, -0.25) is 9.18 Å². The molecule has 3 nitrogen and oxygen atoms in total. The Hall–Kier alpha value is -0.600. The fourth-order valence-electron chi connectivity index (χ4n) is 1.73. The van der Waals surface area contributed by atoms with Crippen molar-refractivity contribution in [3.63, 3.8) is 0 Å². The monoisotopic (exact) mass is 438 g/mol. The third-order valence-electron chi connectivity index (χ3n) is 2.86. The van der Waals surface area contributed by atoms with Gasteiger partial charge in [0.05, 0.1) is 40.6 Å². The number of benzene rings is 1. The Labute approximate surface area is 145 Å². The number of aromatic nitrogens is 2. The number of hydrogen-bond acceptors (Lipinski definition) is 3. The highest BCUT2D eigenvalue weighted by atomic mass is 127. The molecule has 0 amide bonds. The van der Waals surface area contributed by atoms with Crippen LogP contribution in [0.1, 0.15) is 17.5 Å². The number of thioether (sulfide) groups is 1. The maximum Gasteiger partial charge on any atom is 0.295 e. The summed E-state index contributed by atoms with van der Waals surface area (Å²) in [7, 11) is 0. The lowest BCUT2D eigenvalue weighted by Crippen LogP contribution is -2.15. The summed E-state index contributed by atoms with van der Waals surface area (Å²) in [6.45, 7) is -0.286. The van der Waals surface area contributed by atoms with Gasteiger partial charge in [0, 0.05) is 5.75 Å². The van der Waals surface area contributed by atoms with Gasteiger partial charge in [-0.05, 0) is 24.0 Å². The number of nitrogens with zero attached hydrogens (tertiary/aromatic N) is 2. The molecule has 0 aliphatic heterocycles. The minimum atomic E-state index is -0.302. The zero-order valence-electron chi connectivity index (χ0n) is 11.1. The van der Waals surface area contributed by atoms with Gasteiger partial charge < -0.3 is 0 Å². The van der Waals surface area contributed by atoms with Crippen LogP contribution in [0.3, 0.4) is 0 Å². The molecule has 7 heteroatoms. The molecule has 1 aromatic heterocycles. The molecule has 0 aliphatic rings. The molecule has 0 radical (unpaired) electrons. The first-order valence-electron chi connectivity index (χ1n) is 6.32. The molecule has 1 aromatic carbocycles. The van der Waals surface area contributed by atoms with Crippen molar-refractivity contribution >= 4 is 46.2 Å². The standard InChI is InChI=1S/C14H13ClFIN2OS/c15-13-12(8-18-19(17)14(13)20)21-9-11-5-3-10(4-6-11)2-1-7-16/h3-6,8H,1-2,7,9H2. The molecule has 0 saturated heterocycles. The predicted molar refractivity (Wildman–Crippen MR) is 93.2 cm³/mol. The number of hydrogen-bond donors (Lipinski definition) is 0. The Balaban J connectivity index is 2.00. The van der Waals surface area contributed by atoms with Crippen molar-refractivity contribution in [2.45, 2.75) is 23.5 Å². The molecule has 0 unspecified atom stereocenters. The van der Waals surface area contributed by atoms with Crippen LogP contribution in [0, 0.1) is 0 Å². The van der Waals surface area contributed by atoms with Crippen LogP contribution in [0.4, 0.5) is 4.39 Å². The third kappa shape index (κ3) is 4.69. The van der Waals surface area contributed by atoms with Crippen molar-refractivity contribution in [2.75, 3.05) is 6.67 Å². The molecule has 0 spiro atoms. The molecule has 0 N–H and O–H groups in total. The Morgan fingerprint density at radius 3 is 2.62 bits per heavy atom. The largest absolute Gasteiger partial charge is 0.295 e. The first kappa shape index (κ1) is 16.8. The molecule has 2 rings (SSSR count). The van der Waals surface area contributed by atoms with E-state index in [4.69, 9.17) is 11.6 Å². The highest BCUT2D eigenvalue weighted by Crippen LogP contribution is 2.27. The number of alkyl halides is 1. The van der Waals surface area contributed by atoms with Gasteiger partial charge >= 0.3 is 0 Å². The molecular formula is C14H13ClFIN2OS. The first-order valence-corrected chi connectivity index (χ1v) is 8.65. The van der Waals surface area contributed by atoms with Crippen molar-refractivity contribution < 1.29 is 4.39 Å². The van der Waals surface area contributed by atoms with E-state index in [1.807, 2.05) is 24.3 Å². The molecule has 0 bridgehead atoms. The highest BCUT2D eigenvalue weighted by Gasteiger charge is 2.08. The molecule has 1 heterocycles. The summed E-state index contributed by atoms with van der Waals surface area (Å²) < 4.78 is 13.3. The maximum atomic E-state index is 12.1. The summed E-state index contributed by atoms with van der Waals surface area (Å²) in [5.41, 5.74) is 1.95. The topological polar surface area (TPSA) is 34.9 Å². The minimum absolute atomic E-state index is 0.198. The third-order valence-corrected chi connectivity index (χ3v) is 5.13. The van der Waals surface area contributed by atoms with Crippen molar-refractivity contribution in [3.05, 3.63) is 57.0 Å². The van der Waals surface area contributed by atoms with Crippen LogP contribution in [-0.4, -0.2) is 14.7 Å². The smallest absolute Gasteiger partial charge is 0.265 e. The average molecular weight is 439 g/mol. The average Bonchev–Trinajstić information content (AvgIpc) is 2.51. The highest BCUT2D eigenvalue weighted by molar-refractivity contribution is 14.1. The van der Waals surface area contributed by atoms with Crippen LogP contribution in [0.15, 0.2) is 40.2 Å². The van der Waals surface area contributed by atoms with Crippen molar-refractivity contribution in [3.8, 4) is 0 Å². The summed E-state index contributed by atoms with van der Waals surface area (Å²) in [4.78, 5) is 12.3. The Kier molecular flexibility index (Phi) is 6.50. The number of halogens is 3. The van der Waals surface area contributed by atoms with Gasteiger partial charge in [-0.2, -0.15) is 7.99 Å². The van der Waals surface area contributed by atoms with E-state index in [1.54, 1.807) is 29.1 Å². The maximum absolute atomic E-state index is 12.1. The van der Waals surface area contributed by atoms with Crippen LogP contribution in [-0.2, 0) is 12.2 Å². The molecule has 0 aliphatic carbocycles. The summed E-state index contributed by atoms with van der Waals surface area (Å²) in [5.74, 6) is 0.704. The van der Waals surface area contributed by atoms with Crippen LogP contribution < -0.4 is 5.56 Å². The minimum Gasteiger partial charge on any atom is -0.265 e. The summed E-state index contributed by atoms with van der Waals surface area (Å²) in [5, 5.41) is 4.15. The number of aryl methyl sites for hydroxylation is 1. The Morgan fingerprint density at radius 2 is 1.95 bits per heavy atom. The Morgan fingerprint density at radius 1 is 1.29 bits per heavy atom. The van der Waals surface area contributed by atoms with Gasteiger partial charge in [0.2, 0.25) is 0 Å². The van der Waals surface area contributed by atoms with E-state index in [0.29, 0.717) is 17.1 Å². The SMILES string of the molecule is O=c1c(Cl)c(SCc2ccc(CCCF)cc2)cnn1I. The second kappa shape index (κ2) is 8.14. The second-order valence-electron chi connectivity index (χ2n) is 4.39. The Bertz CT molecular complexity index is 663. The first-order chi connectivity index (χ1) is 10.1. The van der Waals surface area contributed by atoms with Crippen molar-refractivity contribution in [1.82, 2.24) is 7.99 Å². The molecule has 112 valence electrons. The summed E-state index contributed by atoms with van der Waals surface area (Å²) in [6.07, 6.45) is 2.91. The molecule has 2 aromatic rings. The van der Waals surface area contributed by atoms with Crippen molar-refractivity contribution in [1.29, 1.82) is 0 Å². The lowest BCUT2D eigenvalue weighted by atomic mass is 10.1. The summed E-state index contributed by atoms with van der Waals surface area (Å²) in [6, 6.07) is 8.05. The lowest BCUT2D eigenvalue weighted by molar-refractivity contribution is 0.473. The van der Waals surface area contributed by atoms with E-state index < -0.39 is 0 Å². The van der Waals surface area contributed by atoms with E-state index in [0.717, 1.165) is 17.5 Å². The van der Waals surface area contributed by atoms with Gasteiger partial charge in [-0.1, -0.05) is 35.9 Å². The summed E-state index contributed by atoms with van der Waals surface area (Å²) >= 11 is 9.28. The molecule has 0 atom stereocenters. The van der Waals surface area contributed by atoms with Crippen LogP contribution >= 0.6 is 46.2 Å². The number of rotatable bonds is 6. The van der Waals surface area contributed by atoms with Gasteiger partial charge in [0.25, 0.3) is 5.56 Å². The van der Waals surface area contributed by atoms with Crippen molar-refractivity contribution in [2.24, 2.45) is 0 Å². The predicted octanol–water partition coefficient (Wildman–Crippen LogP) is 4.29. The van der Waals surface area contributed by atoms with Crippen LogP contribution in [0.2, 0.25) is 5.02 Å². The van der Waals surface area contributed by atoms with E-state index in [-0.39, 0.29) is 17.3 Å². The quantitative estimate of drug-likeness (QED) is 0.498. The fraction of sp³-hybridized carbons (Fsp3) is 0.286. The normalized spacial score (nSPS) is 10.8. The van der Waals surface area contributed by atoms with Gasteiger partial charge in [0.15, 0.2) is 0 Å². The zero-order valence-corrected chi connectivity index (χ0v) is 14.8. The zero-order chi connectivity index (χ0) is 15.2. The molecule has 0 fully saturated rings. The van der Waals surface area contributed by atoms with E-state index in [9.17, 15) is 9.18 Å². The second-order valence-corrected chi connectivity index (χ2v) is 6.69. The molecular weight excluding hydrogens is 426 g/mol. The molecule has 0 saturated carbocycles. The van der Waals surface area contributed by atoms with E-state index in [2.05, 4.69) is 5.10 Å². The fourth-order valence-corrected chi connectivity index (χ4v) is 3.38. The van der Waals surface area contributed by atoms with Gasteiger partial charge in [-0.15, -0.1) is 11.8 Å². The van der Waals surface area contributed by atoms with Gasteiger partial charge in [0.1, 0.15) is 5.02 Å². The van der Waals surface area contributed by atoms with E-state index >= 15 is 0 Å². The molecule has 21 heavy (non-hydrogen) atoms. The van der Waals surface area contributed by atoms with Crippen LogP contribution in [0.25, 0.3) is 0 Å². The lowest BCUT2D eigenvalue weighted by Gasteiger charge is -2.05.